The van der Waals surface area contributed by atoms with Gasteiger partial charge in [0.15, 0.2) is 5.78 Å². The van der Waals surface area contributed by atoms with Crippen molar-refractivity contribution in [3.8, 4) is 0 Å². The molecule has 0 aromatic heterocycles. The van der Waals surface area contributed by atoms with Crippen LogP contribution < -0.4 is 0 Å². The second-order valence-electron chi connectivity index (χ2n) is 10.7. The van der Waals surface area contributed by atoms with Crippen LogP contribution >= 0.6 is 0 Å². The Hall–Kier alpha value is -0.940. The molecule has 1 unspecified atom stereocenters. The fourth-order valence-electron chi connectivity index (χ4n) is 8.23. The van der Waals surface area contributed by atoms with Crippen LogP contribution in [0.4, 0.5) is 0 Å². The van der Waals surface area contributed by atoms with Crippen molar-refractivity contribution in [2.45, 2.75) is 96.9 Å². The van der Waals surface area contributed by atoms with Gasteiger partial charge >= 0.3 is 5.97 Å². The lowest BCUT2D eigenvalue weighted by molar-refractivity contribution is -0.212. The fourth-order valence-corrected chi connectivity index (χ4v) is 8.23. The van der Waals surface area contributed by atoms with Gasteiger partial charge in [0.1, 0.15) is 11.7 Å². The molecule has 0 heterocycles. The largest absolute Gasteiger partial charge is 0.462 e. The molecule has 0 aromatic carbocycles. The van der Waals surface area contributed by atoms with Crippen molar-refractivity contribution in [1.29, 1.82) is 0 Å². The molecule has 5 nitrogen and oxygen atoms in total. The van der Waals surface area contributed by atoms with Crippen LogP contribution in [0, 0.1) is 34.5 Å². The maximum atomic E-state index is 12.5. The van der Waals surface area contributed by atoms with E-state index in [1.54, 1.807) is 0 Å². The third-order valence-corrected chi connectivity index (χ3v) is 9.60. The average Bonchev–Trinajstić information content (AvgIpc) is 2.87. The molecule has 0 aromatic rings. The zero-order valence-corrected chi connectivity index (χ0v) is 17.7. The molecule has 2 N–H and O–H groups in total. The number of Topliss-reactive ketones (excluding diaryl/α,β-unsaturated/α-hetero) is 1. The van der Waals surface area contributed by atoms with Gasteiger partial charge in [0.2, 0.25) is 0 Å². The summed E-state index contributed by atoms with van der Waals surface area (Å²) in [7, 11) is 0. The first-order valence-corrected chi connectivity index (χ1v) is 11.1. The molecular weight excluding hydrogens is 356 g/mol. The summed E-state index contributed by atoms with van der Waals surface area (Å²) in [6.07, 6.45) is 6.16. The lowest BCUT2D eigenvalue weighted by Crippen LogP contribution is -2.63. The molecule has 5 heteroatoms. The van der Waals surface area contributed by atoms with Crippen LogP contribution in [-0.2, 0) is 14.3 Å². The highest BCUT2D eigenvalue weighted by atomic mass is 16.5. The van der Waals surface area contributed by atoms with E-state index >= 15 is 0 Å². The number of esters is 1. The smallest absolute Gasteiger partial charge is 0.302 e. The number of aliphatic hydroxyl groups is 2. The van der Waals surface area contributed by atoms with Crippen molar-refractivity contribution >= 4 is 11.8 Å². The quantitative estimate of drug-likeness (QED) is 0.705. The van der Waals surface area contributed by atoms with Crippen LogP contribution in [0.15, 0.2) is 0 Å². The van der Waals surface area contributed by atoms with E-state index < -0.39 is 11.0 Å². The van der Waals surface area contributed by atoms with E-state index in [9.17, 15) is 19.8 Å². The topological polar surface area (TPSA) is 83.8 Å². The van der Waals surface area contributed by atoms with Crippen LogP contribution in [0.1, 0.15) is 79.1 Å². The van der Waals surface area contributed by atoms with Crippen LogP contribution in [-0.4, -0.2) is 39.8 Å². The van der Waals surface area contributed by atoms with Crippen molar-refractivity contribution in [2.24, 2.45) is 34.5 Å². The van der Waals surface area contributed by atoms with Gasteiger partial charge < -0.3 is 14.9 Å². The second-order valence-corrected chi connectivity index (χ2v) is 10.7. The van der Waals surface area contributed by atoms with Gasteiger partial charge in [-0.05, 0) is 81.5 Å². The third-order valence-electron chi connectivity index (χ3n) is 9.60. The van der Waals surface area contributed by atoms with E-state index in [0.717, 1.165) is 38.5 Å². The summed E-state index contributed by atoms with van der Waals surface area (Å²) in [5, 5.41) is 21.6. The number of aliphatic hydroxyl groups excluding tert-OH is 1. The highest BCUT2D eigenvalue weighted by molar-refractivity contribution is 5.86. The number of carbonyl (C=O) groups is 2. The van der Waals surface area contributed by atoms with Crippen molar-refractivity contribution in [3.05, 3.63) is 0 Å². The van der Waals surface area contributed by atoms with Gasteiger partial charge in [0.05, 0.1) is 6.10 Å². The summed E-state index contributed by atoms with van der Waals surface area (Å²) < 4.78 is 5.92. The summed E-state index contributed by atoms with van der Waals surface area (Å²) >= 11 is 0. The first kappa shape index (κ1) is 20.3. The minimum Gasteiger partial charge on any atom is -0.462 e. The van der Waals surface area contributed by atoms with E-state index in [4.69, 9.17) is 4.74 Å². The zero-order valence-electron chi connectivity index (χ0n) is 17.7. The Morgan fingerprint density at radius 3 is 2.39 bits per heavy atom. The molecule has 0 aliphatic heterocycles. The van der Waals surface area contributed by atoms with E-state index in [-0.39, 0.29) is 41.2 Å². The Morgan fingerprint density at radius 2 is 1.75 bits per heavy atom. The maximum Gasteiger partial charge on any atom is 0.302 e. The van der Waals surface area contributed by atoms with Crippen LogP contribution in [0.3, 0.4) is 0 Å². The molecule has 0 spiro atoms. The standard InChI is InChI=1S/C23H36O5/c1-13(24)23(27)10-8-18-17-6-5-15-11-16(26)7-9-21(15,3)20(17)19(28-14(2)25)12-22(18,23)4/h15-20,26-27H,5-12H2,1-4H3/t15?,16-,17-,18-,19+,20+,21-,22-,23-/m0/s1. The highest BCUT2D eigenvalue weighted by Gasteiger charge is 2.69. The maximum absolute atomic E-state index is 12.5. The lowest BCUT2D eigenvalue weighted by atomic mass is 9.43. The molecule has 4 aliphatic rings. The second kappa shape index (κ2) is 6.53. The van der Waals surface area contributed by atoms with E-state index in [1.165, 1.54) is 13.8 Å². The van der Waals surface area contributed by atoms with Crippen LogP contribution in [0.5, 0.6) is 0 Å². The molecule has 9 atom stereocenters. The molecule has 0 saturated heterocycles. The van der Waals surface area contributed by atoms with Crippen LogP contribution in [0.2, 0.25) is 0 Å². The average molecular weight is 393 g/mol. The molecule has 4 aliphatic carbocycles. The predicted molar refractivity (Wildman–Crippen MR) is 104 cm³/mol. The Labute approximate surface area is 168 Å². The molecule has 4 saturated carbocycles. The number of hydrogen-bond acceptors (Lipinski definition) is 5. The molecule has 158 valence electrons. The first-order valence-electron chi connectivity index (χ1n) is 11.1. The van der Waals surface area contributed by atoms with E-state index in [0.29, 0.717) is 24.7 Å². The minimum absolute atomic E-state index is 0.0422. The lowest BCUT2D eigenvalue weighted by Gasteiger charge is -2.63. The summed E-state index contributed by atoms with van der Waals surface area (Å²) in [6, 6.07) is 0. The van der Waals surface area contributed by atoms with Gasteiger partial charge in [0, 0.05) is 18.3 Å². The molecule has 0 bridgehead atoms. The number of rotatable bonds is 2. The fraction of sp³-hybridized carbons (Fsp3) is 0.913. The number of ether oxygens (including phenoxy) is 1. The van der Waals surface area contributed by atoms with Crippen LogP contribution in [0.25, 0.3) is 0 Å². The van der Waals surface area contributed by atoms with Gasteiger partial charge in [-0.15, -0.1) is 0 Å². The van der Waals surface area contributed by atoms with Crippen molar-refractivity contribution in [1.82, 2.24) is 0 Å². The van der Waals surface area contributed by atoms with Gasteiger partial charge in [-0.25, -0.2) is 0 Å². The van der Waals surface area contributed by atoms with E-state index in [2.05, 4.69) is 13.8 Å². The molecule has 0 radical (unpaired) electrons. The Morgan fingerprint density at radius 1 is 1.04 bits per heavy atom. The van der Waals surface area contributed by atoms with Gasteiger partial charge in [-0.1, -0.05) is 13.8 Å². The normalized spacial score (nSPS) is 52.9. The molecule has 4 fully saturated rings. The molecule has 28 heavy (non-hydrogen) atoms. The Balaban J connectivity index is 1.76. The zero-order chi connectivity index (χ0) is 20.5. The SMILES string of the molecule is CC(=O)O[C@@H]1C[C@@]2(C)[C@@H](CC[C@]2(O)C(C)=O)[C@@H]2CCC3C[C@@H](O)CC[C@]3(C)[C@H]21. The Bertz CT molecular complexity index is 676. The third kappa shape index (κ3) is 2.64. The van der Waals surface area contributed by atoms with Gasteiger partial charge in [0.25, 0.3) is 0 Å². The van der Waals surface area contributed by atoms with Gasteiger partial charge in [-0.2, -0.15) is 0 Å². The van der Waals surface area contributed by atoms with Crippen molar-refractivity contribution in [3.63, 3.8) is 0 Å². The number of fused-ring (bicyclic) bond motifs is 5. The number of carbonyl (C=O) groups excluding carboxylic acids is 2. The van der Waals surface area contributed by atoms with Gasteiger partial charge in [-0.3, -0.25) is 9.59 Å². The van der Waals surface area contributed by atoms with Crippen molar-refractivity contribution < 1.29 is 24.5 Å². The molecule has 4 rings (SSSR count). The van der Waals surface area contributed by atoms with E-state index in [1.807, 2.05) is 0 Å². The summed E-state index contributed by atoms with van der Waals surface area (Å²) in [5.41, 5.74) is -1.82. The molecule has 0 amide bonds. The highest BCUT2D eigenvalue weighted by Crippen LogP contribution is 2.68. The predicted octanol–water partition coefficient (Wildman–Crippen LogP) is 3.25. The monoisotopic (exact) mass is 392 g/mol. The Kier molecular flexibility index (Phi) is 4.74. The molecular formula is C23H36O5. The number of hydrogen-bond donors (Lipinski definition) is 2. The van der Waals surface area contributed by atoms with Crippen molar-refractivity contribution in [2.75, 3.05) is 0 Å². The summed E-state index contributed by atoms with van der Waals surface area (Å²) in [6.45, 7) is 7.35. The first-order chi connectivity index (χ1) is 13.0. The summed E-state index contributed by atoms with van der Waals surface area (Å²) in [4.78, 5) is 24.5. The minimum atomic E-state index is -1.32. The number of ketones is 1. The summed E-state index contributed by atoms with van der Waals surface area (Å²) in [5.74, 6) is 0.897.